The molecule has 4 fully saturated rings. The molecule has 0 spiro atoms. The monoisotopic (exact) mass is 514 g/mol. The van der Waals surface area contributed by atoms with Crippen LogP contribution in [-0.4, -0.2) is 36.5 Å². The van der Waals surface area contributed by atoms with E-state index < -0.39 is 0 Å². The van der Waals surface area contributed by atoms with Gasteiger partial charge < -0.3 is 14.2 Å². The predicted octanol–water partition coefficient (Wildman–Crippen LogP) is 6.02. The van der Waals surface area contributed by atoms with Gasteiger partial charge >= 0.3 is 11.9 Å². The molecule has 6 heteroatoms. The molecule has 0 unspecified atom stereocenters. The van der Waals surface area contributed by atoms with Gasteiger partial charge in [-0.25, -0.2) is 0 Å². The summed E-state index contributed by atoms with van der Waals surface area (Å²) in [7, 11) is 0. The number of ketones is 1. The van der Waals surface area contributed by atoms with Crippen molar-refractivity contribution in [3.8, 4) is 0 Å². The summed E-state index contributed by atoms with van der Waals surface area (Å²) in [4.78, 5) is 36.8. The second-order valence-electron chi connectivity index (χ2n) is 13.5. The molecule has 5 rings (SSSR count). The Kier molecular flexibility index (Phi) is 7.02. The largest absolute Gasteiger partial charge is 0.494 e. The molecule has 6 nitrogen and oxygen atoms in total. The van der Waals surface area contributed by atoms with Crippen molar-refractivity contribution >= 4 is 17.7 Å². The molecule has 0 bridgehead atoms. The number of carbonyl (C=O) groups is 3. The number of hydrogen-bond donors (Lipinski definition) is 0. The first-order valence-electron chi connectivity index (χ1n) is 14.6. The first-order valence-corrected chi connectivity index (χ1v) is 14.6. The van der Waals surface area contributed by atoms with E-state index in [9.17, 15) is 14.4 Å². The molecule has 4 saturated carbocycles. The van der Waals surface area contributed by atoms with Crippen LogP contribution in [-0.2, 0) is 28.6 Å². The molecule has 10 atom stereocenters. The van der Waals surface area contributed by atoms with Crippen molar-refractivity contribution < 1.29 is 28.6 Å². The van der Waals surface area contributed by atoms with E-state index in [1.807, 2.05) is 0 Å². The van der Waals surface area contributed by atoms with E-state index in [1.165, 1.54) is 32.3 Å². The average molecular weight is 515 g/mol. The van der Waals surface area contributed by atoms with Gasteiger partial charge in [-0.1, -0.05) is 20.8 Å². The third-order valence-corrected chi connectivity index (χ3v) is 11.5. The van der Waals surface area contributed by atoms with E-state index in [2.05, 4.69) is 27.7 Å². The summed E-state index contributed by atoms with van der Waals surface area (Å²) in [6, 6.07) is 0. The maximum absolute atomic E-state index is 14.1. The number of carbonyl (C=O) groups excluding carboxylic acids is 3. The summed E-state index contributed by atoms with van der Waals surface area (Å²) in [6.45, 7) is 12.4. The van der Waals surface area contributed by atoms with Crippen molar-refractivity contribution in [2.45, 2.75) is 112 Å². The highest BCUT2D eigenvalue weighted by molar-refractivity contribution is 5.87. The van der Waals surface area contributed by atoms with E-state index in [1.54, 1.807) is 0 Å². The molecule has 1 heterocycles. The summed E-state index contributed by atoms with van der Waals surface area (Å²) in [5.41, 5.74) is 1.10. The van der Waals surface area contributed by atoms with Gasteiger partial charge in [0.15, 0.2) is 0 Å². The number of esters is 2. The molecule has 206 valence electrons. The number of ether oxygens (including phenoxy) is 3. The van der Waals surface area contributed by atoms with Crippen molar-refractivity contribution in [1.82, 2.24) is 0 Å². The Bertz CT molecular complexity index is 984. The minimum atomic E-state index is -0.334. The topological polar surface area (TPSA) is 78.9 Å². The Morgan fingerprint density at radius 2 is 1.84 bits per heavy atom. The normalized spacial score (nSPS) is 43.2. The maximum Gasteiger partial charge on any atom is 0.302 e. The smallest absolute Gasteiger partial charge is 0.302 e. The van der Waals surface area contributed by atoms with Crippen LogP contribution in [0.5, 0.6) is 0 Å². The fraction of sp³-hybridized carbons (Fsp3) is 0.839. The van der Waals surface area contributed by atoms with E-state index in [4.69, 9.17) is 14.2 Å². The maximum atomic E-state index is 14.1. The van der Waals surface area contributed by atoms with Crippen LogP contribution < -0.4 is 0 Å². The fourth-order valence-electron chi connectivity index (χ4n) is 9.55. The SMILES string of the molecule is CC(=O)OC[C@H](C)CCC1=C(C)[C@H]2[C@H](C[C@H]3[C@@H]4CC[C@H]5C[C@@H](OC(C)=O)CC[C@]5(C)[C@H]4CC(=O)[C@@]32C)O1. The zero-order valence-corrected chi connectivity index (χ0v) is 23.6. The summed E-state index contributed by atoms with van der Waals surface area (Å²) >= 11 is 0. The molecule has 0 aromatic heterocycles. The Balaban J connectivity index is 1.30. The van der Waals surface area contributed by atoms with Crippen LogP contribution in [0, 0.1) is 46.3 Å². The first-order chi connectivity index (χ1) is 17.4. The van der Waals surface area contributed by atoms with Gasteiger partial charge in [0, 0.05) is 38.0 Å². The molecule has 0 amide bonds. The molecule has 4 aliphatic carbocycles. The van der Waals surface area contributed by atoms with Crippen LogP contribution in [0.2, 0.25) is 0 Å². The van der Waals surface area contributed by atoms with E-state index in [0.29, 0.717) is 42.5 Å². The quantitative estimate of drug-likeness (QED) is 0.404. The highest BCUT2D eigenvalue weighted by atomic mass is 16.5. The number of allylic oxidation sites excluding steroid dienone is 1. The van der Waals surface area contributed by atoms with Crippen LogP contribution in [0.1, 0.15) is 99.3 Å². The summed E-state index contributed by atoms with van der Waals surface area (Å²) in [5, 5.41) is 0. The molecular weight excluding hydrogens is 468 g/mol. The van der Waals surface area contributed by atoms with Gasteiger partial charge in [0.1, 0.15) is 18.0 Å². The third-order valence-electron chi connectivity index (χ3n) is 11.5. The van der Waals surface area contributed by atoms with Crippen molar-refractivity contribution in [2.24, 2.45) is 46.3 Å². The molecule has 5 aliphatic rings. The molecule has 1 aliphatic heterocycles. The molecule has 0 radical (unpaired) electrons. The zero-order valence-electron chi connectivity index (χ0n) is 23.6. The van der Waals surface area contributed by atoms with Gasteiger partial charge in [-0.3, -0.25) is 14.4 Å². The Hall–Kier alpha value is -1.85. The van der Waals surface area contributed by atoms with E-state index in [-0.39, 0.29) is 46.8 Å². The summed E-state index contributed by atoms with van der Waals surface area (Å²) in [6.07, 6.45) is 8.83. The second kappa shape index (κ2) is 9.72. The van der Waals surface area contributed by atoms with Gasteiger partial charge in [-0.05, 0) is 92.4 Å². The van der Waals surface area contributed by atoms with Crippen molar-refractivity contribution in [2.75, 3.05) is 6.61 Å². The van der Waals surface area contributed by atoms with E-state index >= 15 is 0 Å². The molecule has 0 aromatic carbocycles. The zero-order chi connectivity index (χ0) is 26.7. The summed E-state index contributed by atoms with van der Waals surface area (Å²) < 4.78 is 17.4. The molecule has 0 aromatic rings. The Morgan fingerprint density at radius 3 is 2.54 bits per heavy atom. The van der Waals surface area contributed by atoms with Crippen molar-refractivity contribution in [1.29, 1.82) is 0 Å². The number of fused-ring (bicyclic) bond motifs is 7. The highest BCUT2D eigenvalue weighted by Crippen LogP contribution is 2.68. The van der Waals surface area contributed by atoms with Gasteiger partial charge in [0.2, 0.25) is 0 Å². The predicted molar refractivity (Wildman–Crippen MR) is 139 cm³/mol. The minimum absolute atomic E-state index is 0.0406. The Morgan fingerprint density at radius 1 is 1.08 bits per heavy atom. The third kappa shape index (κ3) is 4.44. The number of rotatable bonds is 6. The Labute approximate surface area is 222 Å². The van der Waals surface area contributed by atoms with Gasteiger partial charge in [-0.2, -0.15) is 0 Å². The van der Waals surface area contributed by atoms with E-state index in [0.717, 1.165) is 44.3 Å². The fourth-order valence-corrected chi connectivity index (χ4v) is 9.55. The number of hydrogen-bond acceptors (Lipinski definition) is 6. The minimum Gasteiger partial charge on any atom is -0.494 e. The van der Waals surface area contributed by atoms with Crippen molar-refractivity contribution in [3.63, 3.8) is 0 Å². The van der Waals surface area contributed by atoms with Gasteiger partial charge in [0.25, 0.3) is 0 Å². The summed E-state index contributed by atoms with van der Waals surface area (Å²) in [5.74, 6) is 3.49. The standard InChI is InChI=1S/C31H46O6/c1-17(16-35-19(3)32)7-10-26-18(2)29-27(37-26)14-25-23-9-8-21-13-22(36-20(4)33)11-12-30(21,5)24(23)15-28(34)31(25,29)6/h17,21-25,27,29H,7-16H2,1-6H3/t17-,21+,22+,23-,24+,25+,27+,29+,30+,31-/m1/s1. The lowest BCUT2D eigenvalue weighted by molar-refractivity contribution is -0.165. The first kappa shape index (κ1) is 26.7. The molecule has 0 N–H and O–H groups in total. The van der Waals surface area contributed by atoms with Gasteiger partial charge in [-0.15, -0.1) is 0 Å². The molecule has 37 heavy (non-hydrogen) atoms. The molecular formula is C31H46O6. The highest BCUT2D eigenvalue weighted by Gasteiger charge is 2.67. The lowest BCUT2D eigenvalue weighted by Crippen LogP contribution is -2.57. The van der Waals surface area contributed by atoms with Crippen LogP contribution in [0.25, 0.3) is 0 Å². The number of Topliss-reactive ketones (excluding diaryl/α,β-unsaturated/α-hetero) is 1. The van der Waals surface area contributed by atoms with Gasteiger partial charge in [0.05, 0.1) is 12.4 Å². The van der Waals surface area contributed by atoms with Crippen molar-refractivity contribution in [3.05, 3.63) is 11.3 Å². The van der Waals surface area contributed by atoms with Crippen LogP contribution >= 0.6 is 0 Å². The second-order valence-corrected chi connectivity index (χ2v) is 13.5. The van der Waals surface area contributed by atoms with Crippen LogP contribution in [0.4, 0.5) is 0 Å². The lowest BCUT2D eigenvalue weighted by Gasteiger charge is -2.60. The average Bonchev–Trinajstić information content (AvgIpc) is 3.31. The lowest BCUT2D eigenvalue weighted by atomic mass is 9.44. The van der Waals surface area contributed by atoms with Crippen LogP contribution in [0.15, 0.2) is 11.3 Å². The molecule has 0 saturated heterocycles. The van der Waals surface area contributed by atoms with Crippen LogP contribution in [0.3, 0.4) is 0 Å².